The highest BCUT2D eigenvalue weighted by Crippen LogP contribution is 2.30. The van der Waals surface area contributed by atoms with Gasteiger partial charge in [0.25, 0.3) is 5.91 Å². The van der Waals surface area contributed by atoms with Gasteiger partial charge in [-0.3, -0.25) is 14.1 Å². The maximum atomic E-state index is 13.1. The van der Waals surface area contributed by atoms with E-state index in [1.54, 1.807) is 11.3 Å². The number of hydrogen-bond acceptors (Lipinski definition) is 5. The van der Waals surface area contributed by atoms with Crippen molar-refractivity contribution in [2.24, 2.45) is 0 Å². The van der Waals surface area contributed by atoms with Gasteiger partial charge in [-0.15, -0.1) is 23.7 Å². The van der Waals surface area contributed by atoms with E-state index < -0.39 is 0 Å². The normalized spacial score (nSPS) is 16.0. The molecule has 1 fully saturated rings. The number of amides is 1. The molecule has 3 heterocycles. The molecule has 1 amide bonds. The van der Waals surface area contributed by atoms with E-state index in [2.05, 4.69) is 20.0 Å². The number of likely N-dealkylation sites (tertiary alicyclic amines) is 1. The van der Waals surface area contributed by atoms with Gasteiger partial charge in [-0.05, 0) is 35.4 Å². The molecule has 0 radical (unpaired) electrons. The number of nitrogens with zero attached hydrogens (tertiary/aromatic N) is 3. The number of aromatic nitrogens is 2. The average Bonchev–Trinajstić information content (AvgIpc) is 3.56. The number of aliphatic hydroxyl groups excluding tert-OH is 1. The van der Waals surface area contributed by atoms with Crippen LogP contribution in [-0.2, 0) is 6.54 Å². The Bertz CT molecular complexity index is 1510. The van der Waals surface area contributed by atoms with Crippen LogP contribution in [0.5, 0.6) is 0 Å². The third-order valence-electron chi connectivity index (χ3n) is 6.38. The molecule has 2 aromatic heterocycles. The molecule has 0 unspecified atom stereocenters. The third-order valence-corrected chi connectivity index (χ3v) is 7.27. The van der Waals surface area contributed by atoms with E-state index >= 15 is 0 Å². The fourth-order valence-corrected chi connectivity index (χ4v) is 5.46. The summed E-state index contributed by atoms with van der Waals surface area (Å²) < 4.78 is 2.12. The van der Waals surface area contributed by atoms with Crippen LogP contribution in [0.1, 0.15) is 22.5 Å². The molecule has 0 aliphatic carbocycles. The number of β-amino-alcohol motifs (C(OH)–C–C–N with tert-alkyl or cyclic N) is 1. The summed E-state index contributed by atoms with van der Waals surface area (Å²) in [7, 11) is 0. The fraction of sp³-hybridized carbons (Fsp3) is 0.185. The lowest BCUT2D eigenvalue weighted by molar-refractivity contribution is 0.102. The first-order valence-electron chi connectivity index (χ1n) is 11.4. The van der Waals surface area contributed by atoms with Crippen LogP contribution in [0, 0.1) is 0 Å². The molecule has 1 aliphatic rings. The second kappa shape index (κ2) is 9.79. The first-order chi connectivity index (χ1) is 16.6. The molecule has 35 heavy (non-hydrogen) atoms. The van der Waals surface area contributed by atoms with Crippen LogP contribution in [0.3, 0.4) is 0 Å². The molecular formula is C27H25ClN4O2S. The van der Waals surface area contributed by atoms with E-state index in [1.807, 2.05) is 72.9 Å². The molecule has 2 N–H and O–H groups in total. The largest absolute Gasteiger partial charge is 0.392 e. The predicted octanol–water partition coefficient (Wildman–Crippen LogP) is 5.46. The number of aliphatic hydroxyl groups is 1. The van der Waals surface area contributed by atoms with Crippen molar-refractivity contribution in [2.45, 2.75) is 19.1 Å². The van der Waals surface area contributed by atoms with E-state index in [0.29, 0.717) is 12.1 Å². The zero-order valence-corrected chi connectivity index (χ0v) is 20.6. The number of imidazole rings is 1. The fourth-order valence-electron chi connectivity index (χ4n) is 4.60. The molecule has 5 aromatic rings. The molecule has 6 nitrogen and oxygen atoms in total. The summed E-state index contributed by atoms with van der Waals surface area (Å²) in [6, 6.07) is 21.5. The van der Waals surface area contributed by atoms with Crippen LogP contribution in [-0.4, -0.2) is 44.5 Å². The summed E-state index contributed by atoms with van der Waals surface area (Å²) in [4.78, 5) is 21.1. The third kappa shape index (κ3) is 4.68. The number of fused-ring (bicyclic) bond motifs is 2. The van der Waals surface area contributed by atoms with Crippen molar-refractivity contribution >= 4 is 51.1 Å². The van der Waals surface area contributed by atoms with Crippen molar-refractivity contribution in [3.8, 4) is 11.3 Å². The number of carbonyl (C=O) groups is 1. The van der Waals surface area contributed by atoms with Crippen molar-refractivity contribution in [1.29, 1.82) is 0 Å². The van der Waals surface area contributed by atoms with E-state index in [1.165, 1.54) is 0 Å². The Morgan fingerprint density at radius 3 is 2.71 bits per heavy atom. The van der Waals surface area contributed by atoms with Gasteiger partial charge >= 0.3 is 0 Å². The van der Waals surface area contributed by atoms with Crippen LogP contribution in [0.15, 0.2) is 78.3 Å². The minimum absolute atomic E-state index is 0. The number of rotatable bonds is 5. The molecule has 3 aromatic carbocycles. The summed E-state index contributed by atoms with van der Waals surface area (Å²) in [5, 5.41) is 17.2. The van der Waals surface area contributed by atoms with Crippen molar-refractivity contribution in [2.75, 3.05) is 18.4 Å². The Morgan fingerprint density at radius 1 is 1.09 bits per heavy atom. The van der Waals surface area contributed by atoms with Crippen molar-refractivity contribution in [1.82, 2.24) is 14.3 Å². The zero-order chi connectivity index (χ0) is 23.1. The number of benzene rings is 3. The van der Waals surface area contributed by atoms with Gasteiger partial charge in [0.2, 0.25) is 0 Å². The van der Waals surface area contributed by atoms with Crippen LogP contribution < -0.4 is 5.32 Å². The zero-order valence-electron chi connectivity index (χ0n) is 18.9. The molecule has 8 heteroatoms. The van der Waals surface area contributed by atoms with Gasteiger partial charge in [-0.2, -0.15) is 0 Å². The average molecular weight is 505 g/mol. The molecule has 1 atom stereocenters. The van der Waals surface area contributed by atoms with E-state index in [-0.39, 0.29) is 24.4 Å². The van der Waals surface area contributed by atoms with Gasteiger partial charge in [0.15, 0.2) is 4.96 Å². The SMILES string of the molecule is Cl.O=C(Nc1ccccc1-c1cn2c(CN3CC[C@H](O)C3)csc2n1)c1ccc2ccccc2c1. The molecule has 0 saturated carbocycles. The molecule has 1 saturated heterocycles. The van der Waals surface area contributed by atoms with E-state index in [9.17, 15) is 9.90 Å². The Kier molecular flexibility index (Phi) is 6.58. The summed E-state index contributed by atoms with van der Waals surface area (Å²) in [6.07, 6.45) is 2.63. The smallest absolute Gasteiger partial charge is 0.255 e. The van der Waals surface area contributed by atoms with Crippen molar-refractivity contribution in [3.05, 3.63) is 89.6 Å². The summed E-state index contributed by atoms with van der Waals surface area (Å²) in [5.41, 5.74) is 4.22. The molecule has 0 spiro atoms. The maximum absolute atomic E-state index is 13.1. The quantitative estimate of drug-likeness (QED) is 0.333. The van der Waals surface area contributed by atoms with Gasteiger partial charge in [-0.25, -0.2) is 4.98 Å². The minimum Gasteiger partial charge on any atom is -0.392 e. The number of anilines is 1. The van der Waals surface area contributed by atoms with E-state index in [4.69, 9.17) is 4.98 Å². The lowest BCUT2D eigenvalue weighted by atomic mass is 10.1. The highest BCUT2D eigenvalue weighted by molar-refractivity contribution is 7.15. The second-order valence-electron chi connectivity index (χ2n) is 8.75. The van der Waals surface area contributed by atoms with Crippen LogP contribution in [0.2, 0.25) is 0 Å². The molecule has 0 bridgehead atoms. The number of carbonyl (C=O) groups excluding carboxylic acids is 1. The van der Waals surface area contributed by atoms with Crippen LogP contribution >= 0.6 is 23.7 Å². The highest BCUT2D eigenvalue weighted by atomic mass is 35.5. The summed E-state index contributed by atoms with van der Waals surface area (Å²) in [6.45, 7) is 2.40. The standard InChI is InChI=1S/C27H24N4O2S.ClH/c32-22-11-12-30(15-22)14-21-17-34-27-29-25(16-31(21)27)23-7-3-4-8-24(23)28-26(33)20-10-9-18-5-1-2-6-19(18)13-20;/h1-10,13,16-17,22,32H,11-12,14-15H2,(H,28,33);1H/t22-;/m0./s1. The van der Waals surface area contributed by atoms with Crippen LogP contribution in [0.4, 0.5) is 5.69 Å². The Morgan fingerprint density at radius 2 is 1.89 bits per heavy atom. The number of thiazole rings is 1. The van der Waals surface area contributed by atoms with Crippen molar-refractivity contribution < 1.29 is 9.90 Å². The summed E-state index contributed by atoms with van der Waals surface area (Å²) in [5.74, 6) is -0.146. The van der Waals surface area contributed by atoms with Gasteiger partial charge in [0.05, 0.1) is 17.5 Å². The monoisotopic (exact) mass is 504 g/mol. The number of halogens is 1. The predicted molar refractivity (Wildman–Crippen MR) is 144 cm³/mol. The lowest BCUT2D eigenvalue weighted by Crippen LogP contribution is -2.22. The number of para-hydroxylation sites is 1. The van der Waals surface area contributed by atoms with Crippen LogP contribution in [0.25, 0.3) is 27.0 Å². The minimum atomic E-state index is -0.231. The highest BCUT2D eigenvalue weighted by Gasteiger charge is 2.22. The summed E-state index contributed by atoms with van der Waals surface area (Å²) >= 11 is 1.61. The molecule has 178 valence electrons. The first kappa shape index (κ1) is 23.5. The molecule has 1 aliphatic heterocycles. The maximum Gasteiger partial charge on any atom is 0.255 e. The molecule has 6 rings (SSSR count). The number of hydrogen-bond donors (Lipinski definition) is 2. The number of nitrogens with one attached hydrogen (secondary N) is 1. The second-order valence-corrected chi connectivity index (χ2v) is 9.58. The lowest BCUT2D eigenvalue weighted by Gasteiger charge is -2.13. The Labute approximate surface area is 213 Å². The Hall–Kier alpha value is -3.23. The topological polar surface area (TPSA) is 69.9 Å². The van der Waals surface area contributed by atoms with Crippen molar-refractivity contribution in [3.63, 3.8) is 0 Å². The first-order valence-corrected chi connectivity index (χ1v) is 12.3. The van der Waals surface area contributed by atoms with Gasteiger partial charge in [0.1, 0.15) is 0 Å². The molecular weight excluding hydrogens is 480 g/mol. The van der Waals surface area contributed by atoms with Gasteiger partial charge in [0, 0.05) is 48.0 Å². The van der Waals surface area contributed by atoms with Gasteiger partial charge < -0.3 is 10.4 Å². The van der Waals surface area contributed by atoms with E-state index in [0.717, 1.165) is 57.9 Å². The van der Waals surface area contributed by atoms with Gasteiger partial charge in [-0.1, -0.05) is 48.5 Å². The Balaban J connectivity index is 0.00000253.